The lowest BCUT2D eigenvalue weighted by atomic mass is 10.2. The van der Waals surface area contributed by atoms with Crippen LogP contribution in [0.1, 0.15) is 48.3 Å². The minimum Gasteiger partial charge on any atom is -0.497 e. The van der Waals surface area contributed by atoms with Crippen molar-refractivity contribution in [2.75, 3.05) is 25.0 Å². The Morgan fingerprint density at radius 2 is 1.91 bits per heavy atom. The van der Waals surface area contributed by atoms with Crippen LogP contribution in [-0.4, -0.2) is 45.2 Å². The van der Waals surface area contributed by atoms with Gasteiger partial charge in [0, 0.05) is 31.5 Å². The maximum Gasteiger partial charge on any atom is 0.264 e. The Hall–Kier alpha value is -3.40. The second kappa shape index (κ2) is 10.5. The molecule has 0 saturated carbocycles. The maximum atomic E-state index is 13.1. The monoisotopic (exact) mass is 472 g/mol. The average molecular weight is 473 g/mol. The SMILES string of the molecule is COc1ccc(N(C)S(=O)(=O)c2cccc(C(=O)NCCCc3nc(C(C)C)no3)c2)cc1. The van der Waals surface area contributed by atoms with Crippen molar-refractivity contribution >= 4 is 21.6 Å². The van der Waals surface area contributed by atoms with Crippen LogP contribution < -0.4 is 14.4 Å². The van der Waals surface area contributed by atoms with Gasteiger partial charge in [-0.2, -0.15) is 4.98 Å². The summed E-state index contributed by atoms with van der Waals surface area (Å²) in [4.78, 5) is 16.9. The lowest BCUT2D eigenvalue weighted by molar-refractivity contribution is 0.0952. The van der Waals surface area contributed by atoms with Gasteiger partial charge in [0.05, 0.1) is 17.7 Å². The molecule has 0 aliphatic carbocycles. The first-order valence-electron chi connectivity index (χ1n) is 10.6. The molecule has 3 aromatic rings. The Balaban J connectivity index is 1.61. The van der Waals surface area contributed by atoms with E-state index in [-0.39, 0.29) is 22.3 Å². The molecular weight excluding hydrogens is 444 g/mol. The first-order valence-corrected chi connectivity index (χ1v) is 12.0. The highest BCUT2D eigenvalue weighted by atomic mass is 32.2. The number of carbonyl (C=O) groups is 1. The second-order valence-electron chi connectivity index (χ2n) is 7.76. The van der Waals surface area contributed by atoms with Gasteiger partial charge in [-0.05, 0) is 48.9 Å². The second-order valence-corrected chi connectivity index (χ2v) is 9.73. The summed E-state index contributed by atoms with van der Waals surface area (Å²) >= 11 is 0. The molecule has 0 radical (unpaired) electrons. The molecule has 9 nitrogen and oxygen atoms in total. The van der Waals surface area contributed by atoms with Crippen LogP contribution in [0, 0.1) is 0 Å². The first-order chi connectivity index (χ1) is 15.7. The number of nitrogens with one attached hydrogen (secondary N) is 1. The molecule has 0 atom stereocenters. The van der Waals surface area contributed by atoms with E-state index >= 15 is 0 Å². The van der Waals surface area contributed by atoms with Crippen LogP contribution in [0.3, 0.4) is 0 Å². The maximum absolute atomic E-state index is 13.1. The molecule has 1 heterocycles. The fourth-order valence-corrected chi connectivity index (χ4v) is 4.28. The van der Waals surface area contributed by atoms with Gasteiger partial charge in [0.1, 0.15) is 5.75 Å². The van der Waals surface area contributed by atoms with Gasteiger partial charge >= 0.3 is 0 Å². The normalized spacial score (nSPS) is 11.4. The molecule has 2 aromatic carbocycles. The molecule has 0 unspecified atom stereocenters. The first kappa shape index (κ1) is 24.2. The van der Waals surface area contributed by atoms with Crippen molar-refractivity contribution in [1.29, 1.82) is 0 Å². The number of ether oxygens (including phenoxy) is 1. The summed E-state index contributed by atoms with van der Waals surface area (Å²) < 4.78 is 37.6. The van der Waals surface area contributed by atoms with Gasteiger partial charge in [0.25, 0.3) is 15.9 Å². The summed E-state index contributed by atoms with van der Waals surface area (Å²) in [5.74, 6) is 1.65. The molecule has 0 aliphatic heterocycles. The number of hydrogen-bond acceptors (Lipinski definition) is 7. The highest BCUT2D eigenvalue weighted by molar-refractivity contribution is 7.92. The molecule has 3 rings (SSSR count). The van der Waals surface area contributed by atoms with Crippen molar-refractivity contribution < 1.29 is 22.5 Å². The number of hydrogen-bond donors (Lipinski definition) is 1. The molecule has 0 saturated heterocycles. The Kier molecular flexibility index (Phi) is 7.70. The van der Waals surface area contributed by atoms with E-state index < -0.39 is 10.0 Å². The number of anilines is 1. The van der Waals surface area contributed by atoms with Crippen molar-refractivity contribution in [1.82, 2.24) is 15.5 Å². The van der Waals surface area contributed by atoms with Gasteiger partial charge in [-0.3, -0.25) is 9.10 Å². The van der Waals surface area contributed by atoms with Crippen LogP contribution in [0.25, 0.3) is 0 Å². The topological polar surface area (TPSA) is 115 Å². The predicted octanol–water partition coefficient (Wildman–Crippen LogP) is 3.39. The molecule has 0 aliphatic rings. The highest BCUT2D eigenvalue weighted by Gasteiger charge is 2.22. The summed E-state index contributed by atoms with van der Waals surface area (Å²) in [6, 6.07) is 12.6. The van der Waals surface area contributed by atoms with Gasteiger partial charge < -0.3 is 14.6 Å². The van der Waals surface area contributed by atoms with Crippen molar-refractivity contribution in [2.24, 2.45) is 0 Å². The van der Waals surface area contributed by atoms with E-state index in [2.05, 4.69) is 15.5 Å². The number of amides is 1. The number of methoxy groups -OCH3 is 1. The molecule has 0 spiro atoms. The summed E-state index contributed by atoms with van der Waals surface area (Å²) in [5, 5.41) is 6.71. The number of benzene rings is 2. The molecule has 0 fully saturated rings. The van der Waals surface area contributed by atoms with Crippen LogP contribution >= 0.6 is 0 Å². The predicted molar refractivity (Wildman–Crippen MR) is 124 cm³/mol. The summed E-state index contributed by atoms with van der Waals surface area (Å²) in [6.07, 6.45) is 1.16. The third-order valence-electron chi connectivity index (χ3n) is 5.04. The molecule has 33 heavy (non-hydrogen) atoms. The number of rotatable bonds is 10. The number of sulfonamides is 1. The van der Waals surface area contributed by atoms with Crippen LogP contribution in [0.4, 0.5) is 5.69 Å². The van der Waals surface area contributed by atoms with E-state index in [4.69, 9.17) is 9.26 Å². The van der Waals surface area contributed by atoms with Gasteiger partial charge in [-0.15, -0.1) is 0 Å². The Morgan fingerprint density at radius 1 is 1.18 bits per heavy atom. The zero-order valence-corrected chi connectivity index (χ0v) is 19.9. The van der Waals surface area contributed by atoms with E-state index in [1.165, 1.54) is 23.5 Å². The number of carbonyl (C=O) groups excluding carboxylic acids is 1. The van der Waals surface area contributed by atoms with Gasteiger partial charge in [0.15, 0.2) is 5.82 Å². The van der Waals surface area contributed by atoms with Crippen molar-refractivity contribution in [3.63, 3.8) is 0 Å². The third kappa shape index (κ3) is 5.89. The fraction of sp³-hybridized carbons (Fsp3) is 0.348. The Labute approximate surface area is 193 Å². The van der Waals surface area contributed by atoms with Crippen molar-refractivity contribution in [3.8, 4) is 5.75 Å². The van der Waals surface area contributed by atoms with Crippen LogP contribution in [0.2, 0.25) is 0 Å². The molecule has 1 amide bonds. The molecule has 176 valence electrons. The Morgan fingerprint density at radius 3 is 2.55 bits per heavy atom. The van der Waals surface area contributed by atoms with E-state index in [1.54, 1.807) is 43.5 Å². The standard InChI is InChI=1S/C23H28N4O5S/c1-16(2)22-25-21(32-26-22)9-6-14-24-23(28)17-7-5-8-20(15-17)33(29,30)27(3)18-10-12-19(31-4)13-11-18/h5,7-8,10-13,15-16H,6,9,14H2,1-4H3,(H,24,28). The van der Waals surface area contributed by atoms with E-state index in [9.17, 15) is 13.2 Å². The van der Waals surface area contributed by atoms with Gasteiger partial charge in [0.2, 0.25) is 5.89 Å². The highest BCUT2D eigenvalue weighted by Crippen LogP contribution is 2.24. The third-order valence-corrected chi connectivity index (χ3v) is 6.83. The summed E-state index contributed by atoms with van der Waals surface area (Å²) in [5.41, 5.74) is 0.742. The number of nitrogens with zero attached hydrogens (tertiary/aromatic N) is 3. The molecule has 1 N–H and O–H groups in total. The molecule has 10 heteroatoms. The quantitative estimate of drug-likeness (QED) is 0.450. The molecule has 1 aromatic heterocycles. The average Bonchev–Trinajstić information content (AvgIpc) is 3.31. The minimum atomic E-state index is -3.85. The van der Waals surface area contributed by atoms with E-state index in [1.807, 2.05) is 13.8 Å². The zero-order chi connectivity index (χ0) is 24.0. The van der Waals surface area contributed by atoms with E-state index in [0.717, 1.165) is 0 Å². The zero-order valence-electron chi connectivity index (χ0n) is 19.1. The van der Waals surface area contributed by atoms with Gasteiger partial charge in [-0.1, -0.05) is 25.1 Å². The van der Waals surface area contributed by atoms with Crippen LogP contribution in [-0.2, 0) is 16.4 Å². The number of aryl methyl sites for hydroxylation is 1. The lowest BCUT2D eigenvalue weighted by Crippen LogP contribution is -2.28. The lowest BCUT2D eigenvalue weighted by Gasteiger charge is -2.20. The van der Waals surface area contributed by atoms with Crippen molar-refractivity contribution in [2.45, 2.75) is 37.5 Å². The molecule has 0 bridgehead atoms. The molecular formula is C23H28N4O5S. The minimum absolute atomic E-state index is 0.0283. The Bertz CT molecular complexity index is 1190. The summed E-state index contributed by atoms with van der Waals surface area (Å²) in [7, 11) is -0.843. The van der Waals surface area contributed by atoms with E-state index in [0.29, 0.717) is 42.5 Å². The number of aromatic nitrogens is 2. The van der Waals surface area contributed by atoms with Gasteiger partial charge in [-0.25, -0.2) is 8.42 Å². The smallest absolute Gasteiger partial charge is 0.264 e. The fourth-order valence-electron chi connectivity index (χ4n) is 3.03. The van der Waals surface area contributed by atoms with Crippen LogP contribution in [0.15, 0.2) is 57.9 Å². The largest absolute Gasteiger partial charge is 0.497 e. The summed E-state index contributed by atoms with van der Waals surface area (Å²) in [6.45, 7) is 4.36. The van der Waals surface area contributed by atoms with Crippen molar-refractivity contribution in [3.05, 3.63) is 65.8 Å². The van der Waals surface area contributed by atoms with Crippen LogP contribution in [0.5, 0.6) is 5.75 Å².